The topological polar surface area (TPSA) is 55.2 Å². The molecule has 4 heterocycles. The highest BCUT2D eigenvalue weighted by atomic mass is 32.1. The van der Waals surface area contributed by atoms with E-state index < -0.39 is 0 Å². The minimum atomic E-state index is 0.0302. The molecule has 23 heavy (non-hydrogen) atoms. The number of aryl methyl sites for hydroxylation is 2. The van der Waals surface area contributed by atoms with Crippen LogP contribution in [0.15, 0.2) is 4.79 Å². The summed E-state index contributed by atoms with van der Waals surface area (Å²) in [5, 5.41) is 0.648. The van der Waals surface area contributed by atoms with E-state index in [-0.39, 0.29) is 11.5 Å². The highest BCUT2D eigenvalue weighted by Crippen LogP contribution is 2.30. The Hall–Kier alpha value is -1.69. The second kappa shape index (κ2) is 5.44. The number of amides is 1. The number of nitrogens with zero attached hydrogens (tertiary/aromatic N) is 3. The summed E-state index contributed by atoms with van der Waals surface area (Å²) in [6, 6.07) is 0. The van der Waals surface area contributed by atoms with Gasteiger partial charge in [-0.1, -0.05) is 6.92 Å². The number of likely N-dealkylation sites (tertiary alicyclic amines) is 1. The molecule has 0 aliphatic carbocycles. The zero-order valence-electron chi connectivity index (χ0n) is 13.6. The van der Waals surface area contributed by atoms with Gasteiger partial charge in [0, 0.05) is 26.1 Å². The average molecular weight is 331 g/mol. The van der Waals surface area contributed by atoms with Crippen molar-refractivity contribution >= 4 is 27.5 Å². The number of rotatable bonds is 1. The minimum Gasteiger partial charge on any atom is -0.338 e. The van der Waals surface area contributed by atoms with Crippen LogP contribution >= 0.6 is 11.3 Å². The summed E-state index contributed by atoms with van der Waals surface area (Å²) in [6.07, 6.45) is 3.96. The van der Waals surface area contributed by atoms with Crippen molar-refractivity contribution in [1.82, 2.24) is 14.5 Å². The molecule has 0 atom stereocenters. The fourth-order valence-corrected chi connectivity index (χ4v) is 4.79. The molecule has 0 aromatic carbocycles. The first kappa shape index (κ1) is 14.9. The molecule has 6 heteroatoms. The van der Waals surface area contributed by atoms with Gasteiger partial charge >= 0.3 is 0 Å². The number of carbonyl (C=O) groups is 1. The minimum absolute atomic E-state index is 0.0302. The molecular weight excluding hydrogens is 310 g/mol. The van der Waals surface area contributed by atoms with Gasteiger partial charge in [-0.3, -0.25) is 14.2 Å². The summed E-state index contributed by atoms with van der Waals surface area (Å²) < 4.78 is 1.78. The largest absolute Gasteiger partial charge is 0.338 e. The van der Waals surface area contributed by atoms with Crippen molar-refractivity contribution in [3.63, 3.8) is 0 Å². The average Bonchev–Trinajstić information content (AvgIpc) is 3.13. The smallest absolute Gasteiger partial charge is 0.264 e. The normalized spacial score (nSPS) is 18.6. The number of hydrogen-bond donors (Lipinski definition) is 0. The highest BCUT2D eigenvalue weighted by molar-refractivity contribution is 7.20. The lowest BCUT2D eigenvalue weighted by molar-refractivity contribution is 0.0701. The Morgan fingerprint density at radius 3 is 2.74 bits per heavy atom. The lowest BCUT2D eigenvalue weighted by Gasteiger charge is -2.30. The van der Waals surface area contributed by atoms with E-state index >= 15 is 0 Å². The first-order valence-corrected chi connectivity index (χ1v) is 9.20. The first-order valence-electron chi connectivity index (χ1n) is 8.38. The number of aromatic nitrogens is 2. The molecule has 0 spiro atoms. The van der Waals surface area contributed by atoms with Crippen molar-refractivity contribution in [3.05, 3.63) is 26.6 Å². The van der Waals surface area contributed by atoms with E-state index in [4.69, 9.17) is 0 Å². The fourth-order valence-electron chi connectivity index (χ4n) is 3.63. The van der Waals surface area contributed by atoms with Crippen LogP contribution in [-0.2, 0) is 13.0 Å². The van der Waals surface area contributed by atoms with Gasteiger partial charge in [0.1, 0.15) is 10.7 Å². The van der Waals surface area contributed by atoms with Crippen LogP contribution in [0.4, 0.5) is 0 Å². The van der Waals surface area contributed by atoms with Crippen molar-refractivity contribution in [1.29, 1.82) is 0 Å². The van der Waals surface area contributed by atoms with Gasteiger partial charge in [-0.15, -0.1) is 11.3 Å². The van der Waals surface area contributed by atoms with Crippen molar-refractivity contribution in [2.24, 2.45) is 5.92 Å². The van der Waals surface area contributed by atoms with Crippen LogP contribution in [0, 0.1) is 12.8 Å². The molecule has 0 N–H and O–H groups in total. The van der Waals surface area contributed by atoms with Crippen LogP contribution in [0.1, 0.15) is 47.2 Å². The Bertz CT molecular complexity index is 844. The van der Waals surface area contributed by atoms with E-state index in [2.05, 4.69) is 11.9 Å². The van der Waals surface area contributed by atoms with Crippen LogP contribution in [0.3, 0.4) is 0 Å². The Morgan fingerprint density at radius 2 is 2.00 bits per heavy atom. The molecule has 1 fully saturated rings. The molecule has 4 rings (SSSR count). The van der Waals surface area contributed by atoms with Gasteiger partial charge in [-0.05, 0) is 37.7 Å². The monoisotopic (exact) mass is 331 g/mol. The lowest BCUT2D eigenvalue weighted by Crippen LogP contribution is -2.37. The van der Waals surface area contributed by atoms with Crippen LogP contribution in [0.25, 0.3) is 10.2 Å². The fraction of sp³-hybridized carbons (Fsp3) is 0.588. The third-order valence-corrected chi connectivity index (χ3v) is 6.35. The Labute approximate surface area is 138 Å². The summed E-state index contributed by atoms with van der Waals surface area (Å²) in [4.78, 5) is 33.6. The number of piperidine rings is 1. The van der Waals surface area contributed by atoms with E-state index in [0.29, 0.717) is 16.2 Å². The standard InChI is InChI=1S/C17H21N3O2S/c1-10-5-8-19(9-6-10)17(22)14-11(2)13-15(23-14)18-12-4-3-7-20(12)16(13)21/h10H,3-9H2,1-2H3. The molecule has 0 saturated carbocycles. The van der Waals surface area contributed by atoms with E-state index in [0.717, 1.165) is 61.5 Å². The number of fused-ring (bicyclic) bond motifs is 2. The van der Waals surface area contributed by atoms with Crippen LogP contribution in [-0.4, -0.2) is 33.4 Å². The highest BCUT2D eigenvalue weighted by Gasteiger charge is 2.27. The second-order valence-electron chi connectivity index (χ2n) is 6.80. The van der Waals surface area contributed by atoms with E-state index in [1.54, 1.807) is 4.57 Å². The third kappa shape index (κ3) is 2.31. The Morgan fingerprint density at radius 1 is 1.26 bits per heavy atom. The quantitative estimate of drug-likeness (QED) is 0.807. The number of hydrogen-bond acceptors (Lipinski definition) is 4. The zero-order chi connectivity index (χ0) is 16.1. The van der Waals surface area contributed by atoms with Gasteiger partial charge in [0.05, 0.1) is 10.3 Å². The molecule has 0 unspecified atom stereocenters. The predicted octanol–water partition coefficient (Wildman–Crippen LogP) is 2.58. The van der Waals surface area contributed by atoms with Gasteiger partial charge in [0.25, 0.3) is 11.5 Å². The molecule has 1 amide bonds. The molecular formula is C17H21N3O2S. The molecule has 0 bridgehead atoms. The maximum atomic E-state index is 12.9. The second-order valence-corrected chi connectivity index (χ2v) is 7.80. The van der Waals surface area contributed by atoms with Gasteiger partial charge in [0.15, 0.2) is 0 Å². The summed E-state index contributed by atoms with van der Waals surface area (Å²) in [7, 11) is 0. The number of carbonyl (C=O) groups excluding carboxylic acids is 1. The maximum absolute atomic E-state index is 12.9. The van der Waals surface area contributed by atoms with Gasteiger partial charge in [-0.25, -0.2) is 4.98 Å². The third-order valence-electron chi connectivity index (χ3n) is 5.18. The molecule has 122 valence electrons. The summed E-state index contributed by atoms with van der Waals surface area (Å²) >= 11 is 1.39. The van der Waals surface area contributed by atoms with Gasteiger partial charge < -0.3 is 4.90 Å². The van der Waals surface area contributed by atoms with Crippen molar-refractivity contribution in [3.8, 4) is 0 Å². The van der Waals surface area contributed by atoms with Crippen molar-refractivity contribution < 1.29 is 4.79 Å². The van der Waals surface area contributed by atoms with Crippen LogP contribution in [0.5, 0.6) is 0 Å². The molecule has 2 aliphatic rings. The SMILES string of the molecule is Cc1c(C(=O)N2CCC(C)CC2)sc2nc3n(c(=O)c12)CCC3. The Balaban J connectivity index is 1.77. The Kier molecular flexibility index (Phi) is 3.52. The summed E-state index contributed by atoms with van der Waals surface area (Å²) in [5.74, 6) is 1.63. The maximum Gasteiger partial charge on any atom is 0.264 e. The van der Waals surface area contributed by atoms with Gasteiger partial charge in [-0.2, -0.15) is 0 Å². The molecule has 2 aromatic heterocycles. The summed E-state index contributed by atoms with van der Waals surface area (Å²) in [5.41, 5.74) is 0.843. The van der Waals surface area contributed by atoms with E-state index in [1.807, 2.05) is 11.8 Å². The van der Waals surface area contributed by atoms with E-state index in [1.165, 1.54) is 11.3 Å². The van der Waals surface area contributed by atoms with Crippen molar-refractivity contribution in [2.75, 3.05) is 13.1 Å². The van der Waals surface area contributed by atoms with Crippen molar-refractivity contribution in [2.45, 2.75) is 46.1 Å². The number of thiophene rings is 1. The zero-order valence-corrected chi connectivity index (χ0v) is 14.4. The van der Waals surface area contributed by atoms with Crippen LogP contribution < -0.4 is 5.56 Å². The van der Waals surface area contributed by atoms with E-state index in [9.17, 15) is 9.59 Å². The van der Waals surface area contributed by atoms with Gasteiger partial charge in [0.2, 0.25) is 0 Å². The first-order chi connectivity index (χ1) is 11.1. The van der Waals surface area contributed by atoms with Crippen LogP contribution in [0.2, 0.25) is 0 Å². The molecule has 0 radical (unpaired) electrons. The molecule has 5 nitrogen and oxygen atoms in total. The molecule has 2 aliphatic heterocycles. The predicted molar refractivity (Wildman–Crippen MR) is 91.2 cm³/mol. The lowest BCUT2D eigenvalue weighted by atomic mass is 9.99. The molecule has 2 aromatic rings. The molecule has 1 saturated heterocycles. The summed E-state index contributed by atoms with van der Waals surface area (Å²) in [6.45, 7) is 6.51.